The Labute approximate surface area is 92.7 Å². The van der Waals surface area contributed by atoms with Crippen molar-refractivity contribution in [3.8, 4) is 0 Å². The molecule has 0 aromatic heterocycles. The van der Waals surface area contributed by atoms with E-state index in [0.717, 1.165) is 38.5 Å². The Morgan fingerprint density at radius 2 is 2.00 bits per heavy atom. The van der Waals surface area contributed by atoms with E-state index in [2.05, 4.69) is 4.72 Å². The maximum atomic E-state index is 11.7. The normalized spacial score (nSPS) is 20.7. The minimum atomic E-state index is -3.05. The Balaban J connectivity index is 2.24. The summed E-state index contributed by atoms with van der Waals surface area (Å²) < 4.78 is 26.1. The van der Waals surface area contributed by atoms with Crippen LogP contribution < -0.4 is 10.5 Å². The number of nitrogens with one attached hydrogen (secondary N) is 1. The van der Waals surface area contributed by atoms with E-state index in [9.17, 15) is 8.42 Å². The maximum absolute atomic E-state index is 11.7. The summed E-state index contributed by atoms with van der Waals surface area (Å²) in [6.07, 6.45) is 5.43. The Hall–Kier alpha value is -0.130. The zero-order chi connectivity index (χ0) is 11.3. The molecule has 0 spiro atoms. The molecule has 0 amide bonds. The first-order valence-corrected chi connectivity index (χ1v) is 7.31. The van der Waals surface area contributed by atoms with Crippen LogP contribution in [0.25, 0.3) is 0 Å². The summed E-state index contributed by atoms with van der Waals surface area (Å²) in [5.74, 6) is 0. The maximum Gasteiger partial charge on any atom is 0.214 e. The van der Waals surface area contributed by atoms with Crippen LogP contribution in [0.3, 0.4) is 0 Å². The summed E-state index contributed by atoms with van der Waals surface area (Å²) in [6, 6.07) is 0.154. The molecule has 1 unspecified atom stereocenters. The molecule has 1 aliphatic rings. The lowest BCUT2D eigenvalue weighted by Gasteiger charge is -2.12. The molecule has 0 aromatic rings. The first-order chi connectivity index (χ1) is 7.02. The minimum Gasteiger partial charge on any atom is -0.328 e. The fourth-order valence-corrected chi connectivity index (χ4v) is 3.57. The molecule has 0 heterocycles. The van der Waals surface area contributed by atoms with Gasteiger partial charge in [0.1, 0.15) is 0 Å². The van der Waals surface area contributed by atoms with Gasteiger partial charge in [0.25, 0.3) is 0 Å². The molecular weight excluding hydrogens is 212 g/mol. The van der Waals surface area contributed by atoms with Crippen LogP contribution in [0.15, 0.2) is 0 Å². The van der Waals surface area contributed by atoms with E-state index in [4.69, 9.17) is 5.73 Å². The molecule has 3 N–H and O–H groups in total. The quantitative estimate of drug-likeness (QED) is 0.673. The molecular formula is C10H22N2O2S. The van der Waals surface area contributed by atoms with Crippen LogP contribution in [0.1, 0.15) is 45.4 Å². The highest BCUT2D eigenvalue weighted by molar-refractivity contribution is 7.90. The minimum absolute atomic E-state index is 0.146. The second-order valence-electron chi connectivity index (χ2n) is 4.47. The number of hydrogen-bond acceptors (Lipinski definition) is 3. The molecule has 15 heavy (non-hydrogen) atoms. The van der Waals surface area contributed by atoms with Crippen molar-refractivity contribution in [1.29, 1.82) is 0 Å². The second-order valence-corrected chi connectivity index (χ2v) is 6.51. The molecule has 1 aliphatic carbocycles. The summed E-state index contributed by atoms with van der Waals surface area (Å²) in [6.45, 7) is 2.46. The number of hydrogen-bond donors (Lipinski definition) is 2. The van der Waals surface area contributed by atoms with Crippen molar-refractivity contribution in [1.82, 2.24) is 4.72 Å². The summed E-state index contributed by atoms with van der Waals surface area (Å²) in [7, 11) is -3.05. The first-order valence-electron chi connectivity index (χ1n) is 5.76. The van der Waals surface area contributed by atoms with E-state index in [1.54, 1.807) is 0 Å². The van der Waals surface area contributed by atoms with Crippen molar-refractivity contribution >= 4 is 10.0 Å². The van der Waals surface area contributed by atoms with Crippen molar-refractivity contribution in [3.63, 3.8) is 0 Å². The van der Waals surface area contributed by atoms with Gasteiger partial charge in [0.2, 0.25) is 10.0 Å². The molecule has 4 nitrogen and oxygen atoms in total. The summed E-state index contributed by atoms with van der Waals surface area (Å²) in [5.41, 5.74) is 5.59. The zero-order valence-corrected chi connectivity index (χ0v) is 10.2. The van der Waals surface area contributed by atoms with Crippen molar-refractivity contribution in [3.05, 3.63) is 0 Å². The van der Waals surface area contributed by atoms with E-state index in [1.165, 1.54) is 0 Å². The van der Waals surface area contributed by atoms with E-state index in [1.807, 2.05) is 6.92 Å². The Bertz CT molecular complexity index is 269. The van der Waals surface area contributed by atoms with Gasteiger partial charge in [-0.05, 0) is 32.6 Å². The van der Waals surface area contributed by atoms with Crippen LogP contribution in [-0.2, 0) is 10.0 Å². The van der Waals surface area contributed by atoms with E-state index >= 15 is 0 Å². The molecule has 90 valence electrons. The van der Waals surface area contributed by atoms with Crippen LogP contribution in [0.5, 0.6) is 0 Å². The SMILES string of the molecule is CC(N)CCCNS(=O)(=O)C1CCCC1. The Morgan fingerprint density at radius 1 is 1.40 bits per heavy atom. The number of rotatable bonds is 6. The van der Waals surface area contributed by atoms with Crippen LogP contribution in [-0.4, -0.2) is 26.3 Å². The van der Waals surface area contributed by atoms with Crippen LogP contribution in [0.4, 0.5) is 0 Å². The zero-order valence-electron chi connectivity index (χ0n) is 9.41. The lowest BCUT2D eigenvalue weighted by molar-refractivity contribution is 0.554. The molecule has 0 radical (unpaired) electrons. The van der Waals surface area contributed by atoms with Gasteiger partial charge < -0.3 is 5.73 Å². The molecule has 0 aromatic carbocycles. The van der Waals surface area contributed by atoms with E-state index in [0.29, 0.717) is 6.54 Å². The third-order valence-electron chi connectivity index (χ3n) is 2.88. The summed E-state index contributed by atoms with van der Waals surface area (Å²) in [5, 5.41) is -0.146. The van der Waals surface area contributed by atoms with Crippen LogP contribution >= 0.6 is 0 Å². The highest BCUT2D eigenvalue weighted by atomic mass is 32.2. The molecule has 1 atom stereocenters. The topological polar surface area (TPSA) is 72.2 Å². The first kappa shape index (κ1) is 12.9. The van der Waals surface area contributed by atoms with Crippen LogP contribution in [0, 0.1) is 0 Å². The van der Waals surface area contributed by atoms with Gasteiger partial charge in [0.15, 0.2) is 0 Å². The highest BCUT2D eigenvalue weighted by Gasteiger charge is 2.27. The predicted molar refractivity (Wildman–Crippen MR) is 62.1 cm³/mol. The third-order valence-corrected chi connectivity index (χ3v) is 4.84. The lowest BCUT2D eigenvalue weighted by Crippen LogP contribution is -2.33. The van der Waals surface area contributed by atoms with Gasteiger partial charge in [-0.3, -0.25) is 0 Å². The Morgan fingerprint density at radius 3 is 2.53 bits per heavy atom. The van der Waals surface area contributed by atoms with E-state index in [-0.39, 0.29) is 11.3 Å². The van der Waals surface area contributed by atoms with Crippen molar-refractivity contribution in [2.24, 2.45) is 5.73 Å². The van der Waals surface area contributed by atoms with Crippen molar-refractivity contribution < 1.29 is 8.42 Å². The van der Waals surface area contributed by atoms with Gasteiger partial charge in [-0.15, -0.1) is 0 Å². The lowest BCUT2D eigenvalue weighted by atomic mass is 10.2. The summed E-state index contributed by atoms with van der Waals surface area (Å²) in [4.78, 5) is 0. The summed E-state index contributed by atoms with van der Waals surface area (Å²) >= 11 is 0. The van der Waals surface area contributed by atoms with Gasteiger partial charge in [-0.2, -0.15) is 0 Å². The molecule has 0 bridgehead atoms. The fourth-order valence-electron chi connectivity index (χ4n) is 1.95. The molecule has 0 aliphatic heterocycles. The van der Waals surface area contributed by atoms with Crippen molar-refractivity contribution in [2.75, 3.05) is 6.54 Å². The van der Waals surface area contributed by atoms with Crippen LogP contribution in [0.2, 0.25) is 0 Å². The monoisotopic (exact) mass is 234 g/mol. The van der Waals surface area contributed by atoms with Gasteiger partial charge >= 0.3 is 0 Å². The standard InChI is InChI=1S/C10H22N2O2S/c1-9(11)5-4-8-12-15(13,14)10-6-2-3-7-10/h9-10,12H,2-8,11H2,1H3. The van der Waals surface area contributed by atoms with Gasteiger partial charge in [-0.25, -0.2) is 13.1 Å². The average molecular weight is 234 g/mol. The largest absolute Gasteiger partial charge is 0.328 e. The smallest absolute Gasteiger partial charge is 0.214 e. The van der Waals surface area contributed by atoms with Gasteiger partial charge in [-0.1, -0.05) is 12.8 Å². The predicted octanol–water partition coefficient (Wildman–Crippen LogP) is 0.976. The molecule has 5 heteroatoms. The van der Waals surface area contributed by atoms with E-state index < -0.39 is 10.0 Å². The third kappa shape index (κ3) is 4.49. The fraction of sp³-hybridized carbons (Fsp3) is 1.00. The molecule has 1 fully saturated rings. The molecule has 1 rings (SSSR count). The number of sulfonamides is 1. The molecule has 0 saturated heterocycles. The Kier molecular flexibility index (Phi) is 5.02. The van der Waals surface area contributed by atoms with Gasteiger partial charge in [0.05, 0.1) is 5.25 Å². The molecule has 1 saturated carbocycles. The average Bonchev–Trinajstić information content (AvgIpc) is 2.65. The second kappa shape index (κ2) is 5.82. The number of nitrogens with two attached hydrogens (primary N) is 1. The van der Waals surface area contributed by atoms with Crippen molar-refractivity contribution in [2.45, 2.75) is 56.7 Å². The van der Waals surface area contributed by atoms with Gasteiger partial charge in [0, 0.05) is 12.6 Å². The highest BCUT2D eigenvalue weighted by Crippen LogP contribution is 2.23.